The average Bonchev–Trinajstić information content (AvgIpc) is 2.03. The highest BCUT2D eigenvalue weighted by atomic mass is 35.5. The van der Waals surface area contributed by atoms with E-state index in [4.69, 9.17) is 17.3 Å². The molecule has 0 heterocycles. The van der Waals surface area contributed by atoms with Crippen LogP contribution < -0.4 is 11.1 Å². The lowest BCUT2D eigenvalue weighted by Crippen LogP contribution is -2.13. The van der Waals surface area contributed by atoms with Gasteiger partial charge in [0, 0.05) is 23.8 Å². The van der Waals surface area contributed by atoms with E-state index < -0.39 is 0 Å². The van der Waals surface area contributed by atoms with Gasteiger partial charge in [-0.25, -0.2) is 0 Å². The zero-order valence-corrected chi connectivity index (χ0v) is 7.86. The Bertz CT molecular complexity index is 261. The van der Waals surface area contributed by atoms with E-state index in [9.17, 15) is 0 Å². The number of hydrogen-bond acceptors (Lipinski definition) is 2. The van der Waals surface area contributed by atoms with E-state index in [1.165, 1.54) is 0 Å². The lowest BCUT2D eigenvalue weighted by Gasteiger charge is -2.07. The molecule has 0 saturated carbocycles. The van der Waals surface area contributed by atoms with Crippen molar-refractivity contribution >= 4 is 17.3 Å². The molecule has 0 aliphatic heterocycles. The number of rotatable bonds is 3. The number of nitrogens with two attached hydrogens (primary N) is 1. The van der Waals surface area contributed by atoms with Gasteiger partial charge in [-0.1, -0.05) is 11.6 Å². The first-order chi connectivity index (χ1) is 5.74. The van der Waals surface area contributed by atoms with Gasteiger partial charge in [0.1, 0.15) is 0 Å². The highest BCUT2D eigenvalue weighted by molar-refractivity contribution is 6.30. The minimum absolute atomic E-state index is 0.641. The van der Waals surface area contributed by atoms with Crippen LogP contribution in [0.2, 0.25) is 5.02 Å². The van der Waals surface area contributed by atoms with Crippen LogP contribution in [0.3, 0.4) is 0 Å². The van der Waals surface area contributed by atoms with Gasteiger partial charge < -0.3 is 11.1 Å². The standard InChI is InChI=1S/C9H13ClN2/c1-7-6-8(10)2-3-9(7)12-5-4-11/h2-3,6,12H,4-5,11H2,1H3. The van der Waals surface area contributed by atoms with Crippen molar-refractivity contribution in [2.45, 2.75) is 6.92 Å². The molecule has 0 fully saturated rings. The summed E-state index contributed by atoms with van der Waals surface area (Å²) in [7, 11) is 0. The Balaban J connectivity index is 2.72. The second-order valence-corrected chi connectivity index (χ2v) is 3.11. The van der Waals surface area contributed by atoms with Gasteiger partial charge >= 0.3 is 0 Å². The molecule has 0 unspecified atom stereocenters. The van der Waals surface area contributed by atoms with E-state index in [0.717, 1.165) is 22.8 Å². The van der Waals surface area contributed by atoms with Crippen LogP contribution >= 0.6 is 11.6 Å². The second kappa shape index (κ2) is 4.33. The summed E-state index contributed by atoms with van der Waals surface area (Å²) in [6.45, 7) is 3.45. The summed E-state index contributed by atoms with van der Waals surface area (Å²) in [5, 5.41) is 3.98. The molecule has 12 heavy (non-hydrogen) atoms. The molecule has 0 aliphatic rings. The number of hydrogen-bond donors (Lipinski definition) is 2. The van der Waals surface area contributed by atoms with Gasteiger partial charge in [0.25, 0.3) is 0 Å². The molecule has 0 amide bonds. The van der Waals surface area contributed by atoms with E-state index in [1.54, 1.807) is 0 Å². The molecule has 0 aromatic heterocycles. The van der Waals surface area contributed by atoms with Crippen LogP contribution in [0.15, 0.2) is 18.2 Å². The first kappa shape index (κ1) is 9.36. The Morgan fingerprint density at radius 1 is 1.50 bits per heavy atom. The molecule has 2 nitrogen and oxygen atoms in total. The quantitative estimate of drug-likeness (QED) is 0.755. The smallest absolute Gasteiger partial charge is 0.0410 e. The average molecular weight is 185 g/mol. The number of benzene rings is 1. The van der Waals surface area contributed by atoms with E-state index in [-0.39, 0.29) is 0 Å². The van der Waals surface area contributed by atoms with Crippen LogP contribution in [0, 0.1) is 6.92 Å². The maximum atomic E-state index is 5.80. The molecule has 0 radical (unpaired) electrons. The third kappa shape index (κ3) is 2.40. The molecule has 0 aliphatic carbocycles. The van der Waals surface area contributed by atoms with Crippen molar-refractivity contribution in [1.29, 1.82) is 0 Å². The van der Waals surface area contributed by atoms with Crippen molar-refractivity contribution in [2.24, 2.45) is 5.73 Å². The molecule has 0 spiro atoms. The van der Waals surface area contributed by atoms with Crippen LogP contribution in [-0.2, 0) is 0 Å². The first-order valence-corrected chi connectivity index (χ1v) is 4.32. The summed E-state index contributed by atoms with van der Waals surface area (Å²) >= 11 is 5.80. The first-order valence-electron chi connectivity index (χ1n) is 3.94. The summed E-state index contributed by atoms with van der Waals surface area (Å²) in [6, 6.07) is 5.77. The predicted molar refractivity (Wildman–Crippen MR) is 53.7 cm³/mol. The van der Waals surface area contributed by atoms with Gasteiger partial charge in [0.2, 0.25) is 0 Å². The van der Waals surface area contributed by atoms with E-state index in [1.807, 2.05) is 25.1 Å². The Morgan fingerprint density at radius 2 is 2.25 bits per heavy atom. The van der Waals surface area contributed by atoms with Crippen LogP contribution in [-0.4, -0.2) is 13.1 Å². The van der Waals surface area contributed by atoms with Gasteiger partial charge in [0.15, 0.2) is 0 Å². The van der Waals surface area contributed by atoms with E-state index in [0.29, 0.717) is 6.54 Å². The molecule has 1 aromatic carbocycles. The molecule has 66 valence electrons. The fourth-order valence-electron chi connectivity index (χ4n) is 1.03. The van der Waals surface area contributed by atoms with Gasteiger partial charge in [-0.2, -0.15) is 0 Å². The molecule has 0 atom stereocenters. The monoisotopic (exact) mass is 184 g/mol. The predicted octanol–water partition coefficient (Wildman–Crippen LogP) is 2.02. The van der Waals surface area contributed by atoms with Crippen molar-refractivity contribution in [3.05, 3.63) is 28.8 Å². The maximum absolute atomic E-state index is 5.80. The zero-order chi connectivity index (χ0) is 8.97. The van der Waals surface area contributed by atoms with Gasteiger partial charge in [-0.3, -0.25) is 0 Å². The largest absolute Gasteiger partial charge is 0.384 e. The Hall–Kier alpha value is -0.730. The molecule has 3 heteroatoms. The highest BCUT2D eigenvalue weighted by Gasteiger charge is 1.96. The highest BCUT2D eigenvalue weighted by Crippen LogP contribution is 2.18. The van der Waals surface area contributed by atoms with Gasteiger partial charge in [-0.15, -0.1) is 0 Å². The van der Waals surface area contributed by atoms with Gasteiger partial charge in [0.05, 0.1) is 0 Å². The fraction of sp³-hybridized carbons (Fsp3) is 0.333. The van der Waals surface area contributed by atoms with E-state index >= 15 is 0 Å². The Kier molecular flexibility index (Phi) is 3.38. The SMILES string of the molecule is Cc1cc(Cl)ccc1NCCN. The van der Waals surface area contributed by atoms with E-state index in [2.05, 4.69) is 5.32 Å². The molecular weight excluding hydrogens is 172 g/mol. The zero-order valence-electron chi connectivity index (χ0n) is 7.10. The molecular formula is C9H13ClN2. The second-order valence-electron chi connectivity index (χ2n) is 2.67. The lowest BCUT2D eigenvalue weighted by molar-refractivity contribution is 1.02. The summed E-state index contributed by atoms with van der Waals surface area (Å²) in [6.07, 6.45) is 0. The number of anilines is 1. The van der Waals surface area contributed by atoms with Crippen molar-refractivity contribution in [2.75, 3.05) is 18.4 Å². The molecule has 0 bridgehead atoms. The summed E-state index contributed by atoms with van der Waals surface area (Å²) in [5.74, 6) is 0. The van der Waals surface area contributed by atoms with Crippen molar-refractivity contribution in [3.63, 3.8) is 0 Å². The number of aryl methyl sites for hydroxylation is 1. The topological polar surface area (TPSA) is 38.0 Å². The normalized spacial score (nSPS) is 9.92. The summed E-state index contributed by atoms with van der Waals surface area (Å²) in [5.41, 5.74) is 7.62. The molecule has 1 rings (SSSR count). The van der Waals surface area contributed by atoms with Gasteiger partial charge in [-0.05, 0) is 30.7 Å². The Labute approximate surface area is 77.7 Å². The summed E-state index contributed by atoms with van der Waals surface area (Å²) in [4.78, 5) is 0. The lowest BCUT2D eigenvalue weighted by atomic mass is 10.2. The Morgan fingerprint density at radius 3 is 2.83 bits per heavy atom. The van der Waals surface area contributed by atoms with Crippen LogP contribution in [0.1, 0.15) is 5.56 Å². The minimum atomic E-state index is 0.641. The molecule has 1 aromatic rings. The van der Waals surface area contributed by atoms with Crippen LogP contribution in [0.25, 0.3) is 0 Å². The third-order valence-electron chi connectivity index (χ3n) is 1.65. The maximum Gasteiger partial charge on any atom is 0.0410 e. The van der Waals surface area contributed by atoms with Crippen molar-refractivity contribution in [1.82, 2.24) is 0 Å². The fourth-order valence-corrected chi connectivity index (χ4v) is 1.26. The minimum Gasteiger partial charge on any atom is -0.384 e. The third-order valence-corrected chi connectivity index (χ3v) is 1.88. The molecule has 0 saturated heterocycles. The molecule has 3 N–H and O–H groups in total. The van der Waals surface area contributed by atoms with Crippen molar-refractivity contribution in [3.8, 4) is 0 Å². The van der Waals surface area contributed by atoms with Crippen LogP contribution in [0.5, 0.6) is 0 Å². The number of halogens is 1. The number of nitrogens with one attached hydrogen (secondary N) is 1. The summed E-state index contributed by atoms with van der Waals surface area (Å²) < 4.78 is 0. The van der Waals surface area contributed by atoms with Crippen molar-refractivity contribution < 1.29 is 0 Å². The van der Waals surface area contributed by atoms with Crippen LogP contribution in [0.4, 0.5) is 5.69 Å².